The number of methoxy groups -OCH3 is 1. The minimum atomic E-state index is -4.52. The molecule has 0 saturated carbocycles. The quantitative estimate of drug-likeness (QED) is 0.695. The van der Waals surface area contributed by atoms with Crippen LogP contribution in [-0.2, 0) is 15.7 Å². The Morgan fingerprint density at radius 3 is 2.69 bits per heavy atom. The summed E-state index contributed by atoms with van der Waals surface area (Å²) in [5, 5.41) is 5.60. The van der Waals surface area contributed by atoms with Gasteiger partial charge in [-0.1, -0.05) is 12.1 Å². The van der Waals surface area contributed by atoms with Crippen molar-refractivity contribution in [1.29, 1.82) is 0 Å². The maximum absolute atomic E-state index is 13.6. The second-order valence-electron chi connectivity index (χ2n) is 6.80. The van der Waals surface area contributed by atoms with Crippen molar-refractivity contribution in [2.24, 2.45) is 0 Å². The lowest BCUT2D eigenvalue weighted by Crippen LogP contribution is -2.25. The minimum absolute atomic E-state index is 0.0625. The molecule has 0 aromatic heterocycles. The Labute approximate surface area is 167 Å². The molecule has 1 aliphatic rings. The van der Waals surface area contributed by atoms with Crippen LogP contribution in [0, 0.1) is 6.92 Å². The van der Waals surface area contributed by atoms with E-state index in [4.69, 9.17) is 4.74 Å². The SMILES string of the molecule is COCCN(C)c1ccc(NC=C2C(=O)Nc3cccc(C)c32)cc1C(F)(F)F. The van der Waals surface area contributed by atoms with Crippen LogP contribution in [0.5, 0.6) is 0 Å². The third kappa shape index (κ3) is 4.37. The molecule has 1 heterocycles. The van der Waals surface area contributed by atoms with Crippen LogP contribution in [0.15, 0.2) is 42.6 Å². The highest BCUT2D eigenvalue weighted by molar-refractivity contribution is 6.32. The second-order valence-corrected chi connectivity index (χ2v) is 6.80. The molecule has 154 valence electrons. The third-order valence-corrected chi connectivity index (χ3v) is 4.76. The van der Waals surface area contributed by atoms with Crippen LogP contribution in [0.1, 0.15) is 16.7 Å². The molecule has 0 aliphatic carbocycles. The molecular formula is C21H22F3N3O2. The van der Waals surface area contributed by atoms with E-state index in [0.29, 0.717) is 24.4 Å². The lowest BCUT2D eigenvalue weighted by Gasteiger charge is -2.24. The van der Waals surface area contributed by atoms with Gasteiger partial charge in [0, 0.05) is 49.5 Å². The Morgan fingerprint density at radius 2 is 2.00 bits per heavy atom. The number of ether oxygens (including phenoxy) is 1. The highest BCUT2D eigenvalue weighted by Crippen LogP contribution is 2.38. The Hall–Kier alpha value is -3.00. The van der Waals surface area contributed by atoms with Crippen LogP contribution < -0.4 is 15.5 Å². The van der Waals surface area contributed by atoms with Crippen LogP contribution in [0.2, 0.25) is 0 Å². The van der Waals surface area contributed by atoms with E-state index in [0.717, 1.165) is 17.2 Å². The standard InChI is InChI=1S/C21H22F3N3O2/c1-13-5-4-6-17-19(13)15(20(28)26-17)12-25-14-7-8-18(27(2)9-10-29-3)16(11-14)21(22,23)24/h4-8,11-12,25H,9-10H2,1-3H3,(H,26,28). The molecule has 5 nitrogen and oxygen atoms in total. The van der Waals surface area contributed by atoms with E-state index in [9.17, 15) is 18.0 Å². The van der Waals surface area contributed by atoms with Crippen molar-refractivity contribution in [3.05, 3.63) is 59.3 Å². The molecule has 2 N–H and O–H groups in total. The van der Waals surface area contributed by atoms with E-state index in [1.807, 2.05) is 19.1 Å². The van der Waals surface area contributed by atoms with Crippen LogP contribution in [0.4, 0.5) is 30.2 Å². The van der Waals surface area contributed by atoms with Gasteiger partial charge < -0.3 is 20.3 Å². The number of nitrogens with one attached hydrogen (secondary N) is 2. The monoisotopic (exact) mass is 405 g/mol. The number of fused-ring (bicyclic) bond motifs is 1. The number of halogens is 3. The number of alkyl halides is 3. The predicted octanol–water partition coefficient (Wildman–Crippen LogP) is 4.50. The minimum Gasteiger partial charge on any atom is -0.383 e. The van der Waals surface area contributed by atoms with Gasteiger partial charge in [0.2, 0.25) is 0 Å². The van der Waals surface area contributed by atoms with Gasteiger partial charge in [0.1, 0.15) is 0 Å². The van der Waals surface area contributed by atoms with E-state index < -0.39 is 11.7 Å². The molecule has 2 aromatic carbocycles. The number of anilines is 3. The molecule has 0 bridgehead atoms. The summed E-state index contributed by atoms with van der Waals surface area (Å²) in [6, 6.07) is 9.50. The number of amides is 1. The molecule has 0 radical (unpaired) electrons. The number of hydrogen-bond donors (Lipinski definition) is 2. The molecule has 1 amide bonds. The van der Waals surface area contributed by atoms with Gasteiger partial charge in [0.05, 0.1) is 17.7 Å². The zero-order valence-corrected chi connectivity index (χ0v) is 16.4. The summed E-state index contributed by atoms with van der Waals surface area (Å²) in [5.74, 6) is -0.297. The number of likely N-dealkylation sites (N-methyl/N-ethyl adjacent to an activating group) is 1. The fourth-order valence-electron chi connectivity index (χ4n) is 3.26. The average Bonchev–Trinajstić information content (AvgIpc) is 3.00. The van der Waals surface area contributed by atoms with Gasteiger partial charge in [0.25, 0.3) is 5.91 Å². The van der Waals surface area contributed by atoms with Crippen LogP contribution in [0.3, 0.4) is 0 Å². The number of aryl methyl sites for hydroxylation is 1. The fraction of sp³-hybridized carbons (Fsp3) is 0.286. The molecule has 1 aliphatic heterocycles. The molecule has 0 unspecified atom stereocenters. The molecule has 0 atom stereocenters. The van der Waals surface area contributed by atoms with E-state index >= 15 is 0 Å². The first-order valence-electron chi connectivity index (χ1n) is 9.01. The summed E-state index contributed by atoms with van der Waals surface area (Å²) < 4.78 is 45.7. The molecule has 0 saturated heterocycles. The lowest BCUT2D eigenvalue weighted by molar-refractivity contribution is -0.137. The summed E-state index contributed by atoms with van der Waals surface area (Å²) in [5.41, 5.74) is 2.27. The molecular weight excluding hydrogens is 383 g/mol. The highest BCUT2D eigenvalue weighted by Gasteiger charge is 2.35. The number of rotatable bonds is 6. The predicted molar refractivity (Wildman–Crippen MR) is 108 cm³/mol. The first kappa shape index (κ1) is 20.7. The van der Waals surface area contributed by atoms with Gasteiger partial charge >= 0.3 is 6.18 Å². The number of carbonyl (C=O) groups is 1. The molecule has 0 spiro atoms. The van der Waals surface area contributed by atoms with Gasteiger partial charge in [0.15, 0.2) is 0 Å². The lowest BCUT2D eigenvalue weighted by atomic mass is 10.0. The van der Waals surface area contributed by atoms with Crippen LogP contribution in [-0.4, -0.2) is 33.2 Å². The summed E-state index contributed by atoms with van der Waals surface area (Å²) >= 11 is 0. The van der Waals surface area contributed by atoms with Gasteiger partial charge in [-0.05, 0) is 36.8 Å². The average molecular weight is 405 g/mol. The maximum Gasteiger partial charge on any atom is 0.418 e. The Kier molecular flexibility index (Phi) is 5.83. The number of benzene rings is 2. The summed E-state index contributed by atoms with van der Waals surface area (Å²) in [6.45, 7) is 2.51. The normalized spacial score (nSPS) is 14.7. The fourth-order valence-corrected chi connectivity index (χ4v) is 3.26. The summed E-state index contributed by atoms with van der Waals surface area (Å²) in [7, 11) is 3.08. The molecule has 29 heavy (non-hydrogen) atoms. The Morgan fingerprint density at radius 1 is 1.24 bits per heavy atom. The van der Waals surface area contributed by atoms with Crippen molar-refractivity contribution in [2.45, 2.75) is 13.1 Å². The van der Waals surface area contributed by atoms with Gasteiger partial charge in [-0.3, -0.25) is 4.79 Å². The second kappa shape index (κ2) is 8.16. The van der Waals surface area contributed by atoms with Crippen molar-refractivity contribution in [3.63, 3.8) is 0 Å². The molecule has 8 heteroatoms. The zero-order valence-electron chi connectivity index (χ0n) is 16.4. The van der Waals surface area contributed by atoms with Crippen molar-refractivity contribution in [3.8, 4) is 0 Å². The van der Waals surface area contributed by atoms with Crippen LogP contribution >= 0.6 is 0 Å². The first-order valence-corrected chi connectivity index (χ1v) is 9.01. The van der Waals surface area contributed by atoms with Gasteiger partial charge in [-0.25, -0.2) is 0 Å². The van der Waals surface area contributed by atoms with E-state index in [1.54, 1.807) is 19.2 Å². The molecule has 2 aromatic rings. The largest absolute Gasteiger partial charge is 0.418 e. The number of nitrogens with zero attached hydrogens (tertiary/aromatic N) is 1. The highest BCUT2D eigenvalue weighted by atomic mass is 19.4. The Bertz CT molecular complexity index is 955. The maximum atomic E-state index is 13.6. The van der Waals surface area contributed by atoms with Crippen molar-refractivity contribution >= 4 is 28.5 Å². The number of carbonyl (C=O) groups excluding carboxylic acids is 1. The van der Waals surface area contributed by atoms with E-state index in [2.05, 4.69) is 10.6 Å². The molecule has 0 fully saturated rings. The van der Waals surface area contributed by atoms with Crippen molar-refractivity contribution in [2.75, 3.05) is 42.8 Å². The zero-order chi connectivity index (χ0) is 21.2. The third-order valence-electron chi connectivity index (χ3n) is 4.76. The van der Waals surface area contributed by atoms with Crippen molar-refractivity contribution < 1.29 is 22.7 Å². The topological polar surface area (TPSA) is 53.6 Å². The summed E-state index contributed by atoms with van der Waals surface area (Å²) in [6.07, 6.45) is -3.08. The van der Waals surface area contributed by atoms with Crippen LogP contribution in [0.25, 0.3) is 5.57 Å². The number of hydrogen-bond acceptors (Lipinski definition) is 4. The smallest absolute Gasteiger partial charge is 0.383 e. The van der Waals surface area contributed by atoms with E-state index in [1.165, 1.54) is 24.3 Å². The van der Waals surface area contributed by atoms with Crippen molar-refractivity contribution in [1.82, 2.24) is 0 Å². The van der Waals surface area contributed by atoms with Gasteiger partial charge in [-0.15, -0.1) is 0 Å². The summed E-state index contributed by atoms with van der Waals surface area (Å²) in [4.78, 5) is 13.8. The Balaban J connectivity index is 1.91. The van der Waals surface area contributed by atoms with Gasteiger partial charge in [-0.2, -0.15) is 13.2 Å². The molecule has 3 rings (SSSR count). The first-order chi connectivity index (χ1) is 13.7. The van der Waals surface area contributed by atoms with E-state index in [-0.39, 0.29) is 17.3 Å².